The van der Waals surface area contributed by atoms with E-state index in [1.54, 1.807) is 37.3 Å². The maximum Gasteiger partial charge on any atom is 0.259 e. The summed E-state index contributed by atoms with van der Waals surface area (Å²) in [5, 5.41) is 3.51. The quantitative estimate of drug-likeness (QED) is 0.325. The van der Waals surface area contributed by atoms with Crippen LogP contribution in [0, 0.1) is 12.7 Å². The molecule has 0 unspecified atom stereocenters. The Bertz CT molecular complexity index is 1010. The van der Waals surface area contributed by atoms with Gasteiger partial charge < -0.3 is 10.0 Å². The van der Waals surface area contributed by atoms with Crippen LogP contribution in [0.2, 0.25) is 15.3 Å². The van der Waals surface area contributed by atoms with E-state index < -0.39 is 11.7 Å². The Morgan fingerprint density at radius 1 is 1.04 bits per heavy atom. The SMILES string of the molecule is Cc1cc(Cl)nc(Cl)c1C(=O)Nc1ccc(F)c(SNc2ccc(Cl)cc2)c1. The van der Waals surface area contributed by atoms with Crippen LogP contribution in [0.5, 0.6) is 0 Å². The topological polar surface area (TPSA) is 54.0 Å². The second kappa shape index (κ2) is 9.01. The van der Waals surface area contributed by atoms with Crippen LogP contribution >= 0.6 is 46.8 Å². The summed E-state index contributed by atoms with van der Waals surface area (Å²) in [5.41, 5.74) is 1.97. The molecule has 0 fully saturated rings. The first kappa shape index (κ1) is 20.7. The molecule has 1 heterocycles. The molecule has 1 aromatic heterocycles. The van der Waals surface area contributed by atoms with Crippen LogP contribution in [-0.4, -0.2) is 10.9 Å². The third-order valence-electron chi connectivity index (χ3n) is 3.68. The summed E-state index contributed by atoms with van der Waals surface area (Å²) >= 11 is 18.8. The van der Waals surface area contributed by atoms with Crippen molar-refractivity contribution in [1.29, 1.82) is 0 Å². The molecular formula is C19H13Cl3FN3OS. The van der Waals surface area contributed by atoms with E-state index >= 15 is 0 Å². The number of carbonyl (C=O) groups is 1. The Kier molecular flexibility index (Phi) is 6.67. The van der Waals surface area contributed by atoms with E-state index in [1.165, 1.54) is 18.2 Å². The van der Waals surface area contributed by atoms with Gasteiger partial charge in [-0.2, -0.15) is 0 Å². The lowest BCUT2D eigenvalue weighted by Crippen LogP contribution is -2.15. The van der Waals surface area contributed by atoms with Crippen molar-refractivity contribution in [3.63, 3.8) is 0 Å². The van der Waals surface area contributed by atoms with Crippen molar-refractivity contribution in [1.82, 2.24) is 4.98 Å². The van der Waals surface area contributed by atoms with E-state index in [4.69, 9.17) is 34.8 Å². The van der Waals surface area contributed by atoms with Crippen LogP contribution in [0.4, 0.5) is 15.8 Å². The van der Waals surface area contributed by atoms with Gasteiger partial charge in [0.05, 0.1) is 10.5 Å². The van der Waals surface area contributed by atoms with Crippen LogP contribution in [-0.2, 0) is 0 Å². The molecule has 3 rings (SSSR count). The van der Waals surface area contributed by atoms with E-state index in [-0.39, 0.29) is 15.9 Å². The van der Waals surface area contributed by atoms with E-state index in [0.29, 0.717) is 21.2 Å². The van der Waals surface area contributed by atoms with Gasteiger partial charge in [0.2, 0.25) is 0 Å². The van der Waals surface area contributed by atoms with E-state index in [9.17, 15) is 9.18 Å². The van der Waals surface area contributed by atoms with Crippen molar-refractivity contribution in [3.05, 3.63) is 80.8 Å². The van der Waals surface area contributed by atoms with Crippen molar-refractivity contribution >= 4 is 64.0 Å². The Labute approximate surface area is 180 Å². The minimum absolute atomic E-state index is 0.00335. The molecule has 2 N–H and O–H groups in total. The van der Waals surface area contributed by atoms with Gasteiger partial charge in [0, 0.05) is 16.4 Å². The first-order valence-electron chi connectivity index (χ1n) is 7.95. The molecule has 0 aliphatic rings. The average molecular weight is 457 g/mol. The minimum Gasteiger partial charge on any atom is -0.326 e. The largest absolute Gasteiger partial charge is 0.326 e. The fourth-order valence-corrected chi connectivity index (χ4v) is 3.81. The number of hydrogen-bond donors (Lipinski definition) is 2. The molecule has 0 atom stereocenters. The summed E-state index contributed by atoms with van der Waals surface area (Å²) in [6.07, 6.45) is 0. The zero-order valence-corrected chi connectivity index (χ0v) is 17.5. The second-order valence-corrected chi connectivity index (χ2v) is 7.77. The number of nitrogens with one attached hydrogen (secondary N) is 2. The predicted octanol–water partition coefficient (Wildman–Crippen LogP) is 6.86. The van der Waals surface area contributed by atoms with Gasteiger partial charge in [-0.05, 0) is 73.0 Å². The van der Waals surface area contributed by atoms with E-state index in [1.807, 2.05) is 0 Å². The average Bonchev–Trinajstić information content (AvgIpc) is 2.62. The summed E-state index contributed by atoms with van der Waals surface area (Å²) in [5.74, 6) is -0.883. The number of aryl methyl sites for hydroxylation is 1. The van der Waals surface area contributed by atoms with Gasteiger partial charge in [0.25, 0.3) is 5.91 Å². The third kappa shape index (κ3) is 5.08. The number of anilines is 2. The molecular weight excluding hydrogens is 444 g/mol. The summed E-state index contributed by atoms with van der Waals surface area (Å²) in [6.45, 7) is 1.70. The summed E-state index contributed by atoms with van der Waals surface area (Å²) < 4.78 is 17.2. The Balaban J connectivity index is 1.76. The zero-order valence-electron chi connectivity index (χ0n) is 14.4. The predicted molar refractivity (Wildman–Crippen MR) is 114 cm³/mol. The van der Waals surface area contributed by atoms with Gasteiger partial charge in [-0.3, -0.25) is 4.79 Å². The second-order valence-electron chi connectivity index (χ2n) is 5.74. The number of aromatic nitrogens is 1. The number of nitrogens with zero attached hydrogens (tertiary/aromatic N) is 1. The highest BCUT2D eigenvalue weighted by Crippen LogP contribution is 2.28. The fourth-order valence-electron chi connectivity index (χ4n) is 2.35. The molecule has 0 aliphatic heterocycles. The monoisotopic (exact) mass is 455 g/mol. The lowest BCUT2D eigenvalue weighted by molar-refractivity contribution is 0.102. The molecule has 0 bridgehead atoms. The molecule has 0 aliphatic carbocycles. The van der Waals surface area contributed by atoms with Gasteiger partial charge in [0.1, 0.15) is 16.1 Å². The van der Waals surface area contributed by atoms with Crippen molar-refractivity contribution in [3.8, 4) is 0 Å². The highest BCUT2D eigenvalue weighted by molar-refractivity contribution is 8.00. The van der Waals surface area contributed by atoms with E-state index in [0.717, 1.165) is 17.6 Å². The molecule has 4 nitrogen and oxygen atoms in total. The van der Waals surface area contributed by atoms with Gasteiger partial charge >= 0.3 is 0 Å². The summed E-state index contributed by atoms with van der Waals surface area (Å²) in [7, 11) is 0. The van der Waals surface area contributed by atoms with Crippen molar-refractivity contribution < 1.29 is 9.18 Å². The minimum atomic E-state index is -0.458. The number of benzene rings is 2. The molecule has 3 aromatic rings. The lowest BCUT2D eigenvalue weighted by atomic mass is 10.1. The van der Waals surface area contributed by atoms with Crippen molar-refractivity contribution in [2.75, 3.05) is 10.0 Å². The van der Waals surface area contributed by atoms with Crippen LogP contribution in [0.15, 0.2) is 53.4 Å². The van der Waals surface area contributed by atoms with Gasteiger partial charge in [-0.15, -0.1) is 0 Å². The molecule has 0 spiro atoms. The number of hydrogen-bond acceptors (Lipinski definition) is 4. The highest BCUT2D eigenvalue weighted by atomic mass is 35.5. The highest BCUT2D eigenvalue weighted by Gasteiger charge is 2.17. The number of amides is 1. The van der Waals surface area contributed by atoms with Gasteiger partial charge in [0.15, 0.2) is 0 Å². The van der Waals surface area contributed by atoms with Gasteiger partial charge in [-0.25, -0.2) is 9.37 Å². The molecule has 28 heavy (non-hydrogen) atoms. The molecule has 0 saturated carbocycles. The Morgan fingerprint density at radius 3 is 2.39 bits per heavy atom. The number of carbonyl (C=O) groups excluding carboxylic acids is 1. The molecule has 2 aromatic carbocycles. The molecule has 0 radical (unpaired) electrons. The van der Waals surface area contributed by atoms with Crippen molar-refractivity contribution in [2.24, 2.45) is 0 Å². The van der Waals surface area contributed by atoms with Crippen LogP contribution < -0.4 is 10.0 Å². The molecule has 1 amide bonds. The molecule has 9 heteroatoms. The Morgan fingerprint density at radius 2 is 1.71 bits per heavy atom. The zero-order chi connectivity index (χ0) is 20.3. The lowest BCUT2D eigenvalue weighted by Gasteiger charge is -2.11. The number of pyridine rings is 1. The van der Waals surface area contributed by atoms with Crippen molar-refractivity contribution in [2.45, 2.75) is 11.8 Å². The van der Waals surface area contributed by atoms with E-state index in [2.05, 4.69) is 15.0 Å². The molecule has 144 valence electrons. The molecule has 0 saturated heterocycles. The maximum absolute atomic E-state index is 14.1. The number of halogens is 4. The fraction of sp³-hybridized carbons (Fsp3) is 0.0526. The normalized spacial score (nSPS) is 10.6. The van der Waals surface area contributed by atoms with Crippen LogP contribution in [0.25, 0.3) is 0 Å². The Hall–Kier alpha value is -1.99. The summed E-state index contributed by atoms with van der Waals surface area (Å²) in [6, 6.07) is 12.8. The first-order valence-corrected chi connectivity index (χ1v) is 9.90. The first-order chi connectivity index (χ1) is 13.3. The van der Waals surface area contributed by atoms with Gasteiger partial charge in [-0.1, -0.05) is 34.8 Å². The standard InChI is InChI=1S/C19H13Cl3FN3OS/c1-10-8-16(21)25-18(22)17(10)19(27)24-13-6-7-14(23)15(9-13)28-26-12-4-2-11(20)3-5-12/h2-9,26H,1H3,(H,24,27). The number of rotatable bonds is 5. The summed E-state index contributed by atoms with van der Waals surface area (Å²) in [4.78, 5) is 16.8. The third-order valence-corrected chi connectivity index (χ3v) is 5.27. The van der Waals surface area contributed by atoms with Crippen LogP contribution in [0.3, 0.4) is 0 Å². The smallest absolute Gasteiger partial charge is 0.259 e. The van der Waals surface area contributed by atoms with Crippen LogP contribution in [0.1, 0.15) is 15.9 Å². The maximum atomic E-state index is 14.1.